The molecule has 1 saturated carbocycles. The van der Waals surface area contributed by atoms with Crippen LogP contribution in [0.2, 0.25) is 0 Å². The fraction of sp³-hybridized carbons (Fsp3) is 0.462. The average molecular weight is 493 g/mol. The molecule has 2 aromatic rings. The van der Waals surface area contributed by atoms with Crippen LogP contribution in [0.1, 0.15) is 62.6 Å². The van der Waals surface area contributed by atoms with Crippen LogP contribution in [0.5, 0.6) is 5.75 Å². The van der Waals surface area contributed by atoms with Gasteiger partial charge in [0, 0.05) is 5.56 Å². The average Bonchev–Trinajstić information content (AvgIpc) is 3.66. The molecular weight excluding hydrogens is 461 g/mol. The molecule has 0 spiro atoms. The summed E-state index contributed by atoms with van der Waals surface area (Å²) in [5.74, 6) is -0.645. The van der Waals surface area contributed by atoms with Gasteiger partial charge in [0.1, 0.15) is 5.75 Å². The SMILES string of the molecule is CCOC(=O)C(C)c1ccc(OC)c(-c2ccc(C(F)(F)F)cc2C(CC)(NC(N)=O)C2CC2)c1. The number of alkyl halides is 3. The van der Waals surface area contributed by atoms with Crippen molar-refractivity contribution in [2.24, 2.45) is 11.7 Å². The Balaban J connectivity index is 2.29. The van der Waals surface area contributed by atoms with Crippen molar-refractivity contribution in [1.82, 2.24) is 5.32 Å². The van der Waals surface area contributed by atoms with Crippen molar-refractivity contribution in [2.75, 3.05) is 13.7 Å². The van der Waals surface area contributed by atoms with Crippen molar-refractivity contribution in [3.8, 4) is 16.9 Å². The summed E-state index contributed by atoms with van der Waals surface area (Å²) in [6.07, 6.45) is -2.73. The summed E-state index contributed by atoms with van der Waals surface area (Å²) in [7, 11) is 1.46. The molecule has 2 amide bonds. The first-order chi connectivity index (χ1) is 16.5. The molecule has 2 atom stereocenters. The van der Waals surface area contributed by atoms with Crippen molar-refractivity contribution >= 4 is 12.0 Å². The van der Waals surface area contributed by atoms with Gasteiger partial charge in [0.05, 0.1) is 30.7 Å². The molecule has 3 rings (SSSR count). The Morgan fingerprint density at radius 3 is 2.31 bits per heavy atom. The van der Waals surface area contributed by atoms with E-state index in [0.717, 1.165) is 25.0 Å². The van der Waals surface area contributed by atoms with Crippen LogP contribution in [0, 0.1) is 5.92 Å². The highest BCUT2D eigenvalue weighted by Gasteiger charge is 2.48. The number of halogens is 3. The zero-order chi connectivity index (χ0) is 26.0. The Hall–Kier alpha value is -3.23. The quantitative estimate of drug-likeness (QED) is 0.438. The zero-order valence-electron chi connectivity index (χ0n) is 20.3. The molecule has 2 unspecified atom stereocenters. The lowest BCUT2D eigenvalue weighted by Crippen LogP contribution is -2.50. The lowest BCUT2D eigenvalue weighted by Gasteiger charge is -2.36. The number of primary amides is 1. The van der Waals surface area contributed by atoms with E-state index in [1.165, 1.54) is 13.2 Å². The van der Waals surface area contributed by atoms with Crippen LogP contribution < -0.4 is 15.8 Å². The maximum absolute atomic E-state index is 13.8. The Bertz CT molecular complexity index is 1100. The van der Waals surface area contributed by atoms with Crippen molar-refractivity contribution in [2.45, 2.75) is 57.7 Å². The maximum Gasteiger partial charge on any atom is 0.416 e. The molecule has 2 aromatic carbocycles. The topological polar surface area (TPSA) is 90.7 Å². The third kappa shape index (κ3) is 5.39. The number of nitrogens with one attached hydrogen (secondary N) is 1. The summed E-state index contributed by atoms with van der Waals surface area (Å²) in [5, 5.41) is 2.78. The minimum Gasteiger partial charge on any atom is -0.496 e. The van der Waals surface area contributed by atoms with Crippen LogP contribution in [0.25, 0.3) is 11.1 Å². The molecule has 0 heterocycles. The second-order valence-corrected chi connectivity index (χ2v) is 8.78. The highest BCUT2D eigenvalue weighted by molar-refractivity contribution is 5.82. The van der Waals surface area contributed by atoms with E-state index in [0.29, 0.717) is 34.4 Å². The van der Waals surface area contributed by atoms with E-state index in [-0.39, 0.29) is 12.5 Å². The molecule has 9 heteroatoms. The van der Waals surface area contributed by atoms with Crippen molar-refractivity contribution in [3.05, 3.63) is 53.1 Å². The Kier molecular flexibility index (Phi) is 7.67. The third-order valence-electron chi connectivity index (χ3n) is 6.66. The monoisotopic (exact) mass is 492 g/mol. The second kappa shape index (κ2) is 10.2. The van der Waals surface area contributed by atoms with Crippen molar-refractivity contribution in [1.29, 1.82) is 0 Å². The minimum atomic E-state index is -4.58. The molecule has 0 radical (unpaired) electrons. The van der Waals surface area contributed by atoms with Crippen LogP contribution in [-0.2, 0) is 21.2 Å². The van der Waals surface area contributed by atoms with Gasteiger partial charge in [-0.15, -0.1) is 0 Å². The van der Waals surface area contributed by atoms with E-state index >= 15 is 0 Å². The van der Waals surface area contributed by atoms with Crippen LogP contribution in [0.15, 0.2) is 36.4 Å². The van der Waals surface area contributed by atoms with Crippen LogP contribution in [0.3, 0.4) is 0 Å². The first-order valence-corrected chi connectivity index (χ1v) is 11.6. The van der Waals surface area contributed by atoms with Gasteiger partial charge in [0.15, 0.2) is 0 Å². The predicted molar refractivity (Wildman–Crippen MR) is 126 cm³/mol. The highest BCUT2D eigenvalue weighted by Crippen LogP contribution is 2.52. The molecule has 35 heavy (non-hydrogen) atoms. The fourth-order valence-electron chi connectivity index (χ4n) is 4.69. The van der Waals surface area contributed by atoms with E-state index in [9.17, 15) is 22.8 Å². The summed E-state index contributed by atoms with van der Waals surface area (Å²) >= 11 is 0. The zero-order valence-corrected chi connectivity index (χ0v) is 20.3. The van der Waals surface area contributed by atoms with Crippen LogP contribution >= 0.6 is 0 Å². The molecule has 190 valence electrons. The third-order valence-corrected chi connectivity index (χ3v) is 6.66. The number of esters is 1. The van der Waals surface area contributed by atoms with Crippen LogP contribution in [-0.4, -0.2) is 25.7 Å². The summed E-state index contributed by atoms with van der Waals surface area (Å²) in [6.45, 7) is 5.46. The summed E-state index contributed by atoms with van der Waals surface area (Å²) in [4.78, 5) is 24.4. The molecule has 0 saturated heterocycles. The van der Waals surface area contributed by atoms with Gasteiger partial charge in [0.2, 0.25) is 0 Å². The number of methoxy groups -OCH3 is 1. The normalized spacial score (nSPS) is 16.2. The summed E-state index contributed by atoms with van der Waals surface area (Å²) in [6, 6.07) is 7.82. The number of ether oxygens (including phenoxy) is 2. The Labute approximate surface area is 203 Å². The first-order valence-electron chi connectivity index (χ1n) is 11.6. The van der Waals surface area contributed by atoms with Gasteiger partial charge in [-0.3, -0.25) is 4.79 Å². The van der Waals surface area contributed by atoms with Gasteiger partial charge in [-0.2, -0.15) is 13.2 Å². The molecule has 1 aliphatic rings. The largest absolute Gasteiger partial charge is 0.496 e. The number of amides is 2. The van der Waals surface area contributed by atoms with E-state index in [2.05, 4.69) is 5.32 Å². The molecule has 0 aliphatic heterocycles. The van der Waals surface area contributed by atoms with Gasteiger partial charge in [-0.1, -0.05) is 19.1 Å². The molecule has 6 nitrogen and oxygen atoms in total. The van der Waals surface area contributed by atoms with E-state index in [4.69, 9.17) is 15.2 Å². The molecule has 0 aromatic heterocycles. The number of hydrogen-bond donors (Lipinski definition) is 2. The number of nitrogens with two attached hydrogens (primary N) is 1. The summed E-state index contributed by atoms with van der Waals surface area (Å²) < 4.78 is 52.0. The van der Waals surface area contributed by atoms with Crippen molar-refractivity contribution < 1.29 is 32.2 Å². The number of carbonyl (C=O) groups excluding carboxylic acids is 2. The molecule has 3 N–H and O–H groups in total. The first kappa shape index (κ1) is 26.4. The lowest BCUT2D eigenvalue weighted by atomic mass is 9.77. The fourth-order valence-corrected chi connectivity index (χ4v) is 4.69. The number of urea groups is 1. The maximum atomic E-state index is 13.8. The number of hydrogen-bond acceptors (Lipinski definition) is 4. The minimum absolute atomic E-state index is 0.0603. The van der Waals surface area contributed by atoms with Gasteiger partial charge >= 0.3 is 18.2 Å². The van der Waals surface area contributed by atoms with Gasteiger partial charge in [-0.05, 0) is 80.0 Å². The predicted octanol–water partition coefficient (Wildman–Crippen LogP) is 5.73. The summed E-state index contributed by atoms with van der Waals surface area (Å²) in [5.41, 5.74) is 5.51. The molecular formula is C26H31F3N2O4. The van der Waals surface area contributed by atoms with Crippen LogP contribution in [0.4, 0.5) is 18.0 Å². The number of rotatable bonds is 9. The van der Waals surface area contributed by atoms with E-state index in [1.807, 2.05) is 6.92 Å². The second-order valence-electron chi connectivity index (χ2n) is 8.78. The molecule has 1 fully saturated rings. The standard InChI is InChI=1S/C26H31F3N2O4/c1-5-25(17-8-9-17,31-24(30)33)21-14-18(26(27,28)29)10-11-19(21)20-13-16(7-12-22(20)34-4)15(3)23(32)35-6-2/h7,10-15,17H,5-6,8-9H2,1-4H3,(H3,30,31,33). The van der Waals surface area contributed by atoms with E-state index < -0.39 is 35.2 Å². The Morgan fingerprint density at radius 2 is 1.80 bits per heavy atom. The molecule has 0 bridgehead atoms. The van der Waals surface area contributed by atoms with Crippen molar-refractivity contribution in [3.63, 3.8) is 0 Å². The highest BCUT2D eigenvalue weighted by atomic mass is 19.4. The molecule has 1 aliphatic carbocycles. The number of benzene rings is 2. The van der Waals surface area contributed by atoms with E-state index in [1.54, 1.807) is 32.0 Å². The lowest BCUT2D eigenvalue weighted by molar-refractivity contribution is -0.144. The van der Waals surface area contributed by atoms with Gasteiger partial charge in [0.25, 0.3) is 0 Å². The Morgan fingerprint density at radius 1 is 1.11 bits per heavy atom. The number of carbonyl (C=O) groups is 2. The smallest absolute Gasteiger partial charge is 0.416 e. The van der Waals surface area contributed by atoms with Gasteiger partial charge in [-0.25, -0.2) is 4.79 Å². The van der Waals surface area contributed by atoms with Gasteiger partial charge < -0.3 is 20.5 Å².